The third kappa shape index (κ3) is 3.75. The summed E-state index contributed by atoms with van der Waals surface area (Å²) < 4.78 is 13.4. The van der Waals surface area contributed by atoms with Crippen molar-refractivity contribution in [3.05, 3.63) is 52.8 Å². The first kappa shape index (κ1) is 20.3. The summed E-state index contributed by atoms with van der Waals surface area (Å²) in [5.74, 6) is 1.17. The zero-order valence-corrected chi connectivity index (χ0v) is 18.3. The number of ether oxygens (including phenoxy) is 2. The van der Waals surface area contributed by atoms with Crippen LogP contribution >= 0.6 is 0 Å². The summed E-state index contributed by atoms with van der Waals surface area (Å²) in [7, 11) is 0. The van der Waals surface area contributed by atoms with Crippen LogP contribution in [0.2, 0.25) is 0 Å². The van der Waals surface area contributed by atoms with E-state index in [1.54, 1.807) is 12.4 Å². The fraction of sp³-hybridized carbons (Fsp3) is 0.435. The molecule has 2 aliphatic rings. The summed E-state index contributed by atoms with van der Waals surface area (Å²) in [6, 6.07) is 7.88. The maximum absolute atomic E-state index is 12.7. The molecule has 170 valence electrons. The van der Waals surface area contributed by atoms with E-state index in [1.165, 1.54) is 0 Å². The van der Waals surface area contributed by atoms with Crippen molar-refractivity contribution in [1.82, 2.24) is 34.6 Å². The van der Waals surface area contributed by atoms with Crippen LogP contribution in [0.4, 0.5) is 0 Å². The second-order valence-corrected chi connectivity index (χ2v) is 8.69. The number of nitrogens with one attached hydrogen (secondary N) is 1. The Labute approximate surface area is 189 Å². The molecule has 5 heterocycles. The van der Waals surface area contributed by atoms with Crippen molar-refractivity contribution in [1.29, 1.82) is 0 Å². The third-order valence-electron chi connectivity index (χ3n) is 6.55. The van der Waals surface area contributed by atoms with Crippen LogP contribution in [0.1, 0.15) is 37.7 Å². The number of benzene rings is 1. The molecule has 0 spiro atoms. The van der Waals surface area contributed by atoms with Gasteiger partial charge in [0.05, 0.1) is 35.5 Å². The molecule has 0 radical (unpaired) electrons. The normalized spacial score (nSPS) is 19.1. The molecule has 2 saturated heterocycles. The number of H-pyrrole nitrogens is 1. The van der Waals surface area contributed by atoms with Crippen LogP contribution < -0.4 is 10.3 Å². The highest BCUT2D eigenvalue weighted by Crippen LogP contribution is 2.27. The van der Waals surface area contributed by atoms with E-state index >= 15 is 0 Å². The van der Waals surface area contributed by atoms with Crippen molar-refractivity contribution in [2.24, 2.45) is 0 Å². The fourth-order valence-electron chi connectivity index (χ4n) is 4.55. The first-order valence-corrected chi connectivity index (χ1v) is 11.3. The molecule has 0 aliphatic carbocycles. The molecular formula is C23H25N7O3. The minimum absolute atomic E-state index is 0.0196. The van der Waals surface area contributed by atoms with E-state index in [9.17, 15) is 4.79 Å². The first-order chi connectivity index (χ1) is 16.2. The summed E-state index contributed by atoms with van der Waals surface area (Å²) in [4.78, 5) is 31.6. The summed E-state index contributed by atoms with van der Waals surface area (Å²) in [6.45, 7) is 4.89. The molecule has 3 aromatic heterocycles. The van der Waals surface area contributed by atoms with E-state index in [-0.39, 0.29) is 23.7 Å². The number of nitrogens with zero attached hydrogens (tertiary/aromatic N) is 6. The second-order valence-electron chi connectivity index (χ2n) is 8.69. The molecule has 4 aromatic rings. The van der Waals surface area contributed by atoms with E-state index in [2.05, 4.69) is 25.0 Å². The molecule has 33 heavy (non-hydrogen) atoms. The molecule has 0 amide bonds. The van der Waals surface area contributed by atoms with Crippen LogP contribution in [0.25, 0.3) is 22.1 Å². The molecule has 1 aromatic carbocycles. The van der Waals surface area contributed by atoms with Gasteiger partial charge < -0.3 is 14.5 Å². The van der Waals surface area contributed by atoms with Crippen molar-refractivity contribution >= 4 is 22.1 Å². The SMILES string of the molecule is CC(c1nc2c(cnn2C2CCOCC2)c(=O)[nH]1)N1CC(Oc2cnc3ccccc3n2)C1. The number of para-hydroxylation sites is 2. The van der Waals surface area contributed by atoms with E-state index in [1.807, 2.05) is 35.9 Å². The fourth-order valence-corrected chi connectivity index (χ4v) is 4.55. The predicted molar refractivity (Wildman–Crippen MR) is 121 cm³/mol. The van der Waals surface area contributed by atoms with Crippen molar-refractivity contribution in [2.45, 2.75) is 38.0 Å². The van der Waals surface area contributed by atoms with Crippen molar-refractivity contribution in [3.8, 4) is 5.88 Å². The van der Waals surface area contributed by atoms with E-state index in [0.717, 1.165) is 37.0 Å². The summed E-state index contributed by atoms with van der Waals surface area (Å²) in [5.41, 5.74) is 2.15. The molecule has 6 rings (SSSR count). The van der Waals surface area contributed by atoms with E-state index < -0.39 is 0 Å². The molecular weight excluding hydrogens is 422 g/mol. The Balaban J connectivity index is 1.17. The highest BCUT2D eigenvalue weighted by Gasteiger charge is 2.34. The van der Waals surface area contributed by atoms with E-state index in [0.29, 0.717) is 36.0 Å². The number of hydrogen-bond donors (Lipinski definition) is 1. The van der Waals surface area contributed by atoms with Crippen LogP contribution in [0.15, 0.2) is 41.5 Å². The Morgan fingerprint density at radius 2 is 1.91 bits per heavy atom. The molecule has 0 saturated carbocycles. The minimum Gasteiger partial charge on any atom is -0.471 e. The maximum atomic E-state index is 12.7. The van der Waals surface area contributed by atoms with Gasteiger partial charge in [-0.1, -0.05) is 12.1 Å². The third-order valence-corrected chi connectivity index (χ3v) is 6.55. The summed E-state index contributed by atoms with van der Waals surface area (Å²) in [5, 5.41) is 5.00. The Hall–Kier alpha value is -3.37. The van der Waals surface area contributed by atoms with Crippen molar-refractivity contribution in [2.75, 3.05) is 26.3 Å². The lowest BCUT2D eigenvalue weighted by atomic mass is 10.1. The molecule has 1 N–H and O–H groups in total. The van der Waals surface area contributed by atoms with Crippen LogP contribution in [0.5, 0.6) is 5.88 Å². The molecule has 0 bridgehead atoms. The lowest BCUT2D eigenvalue weighted by Gasteiger charge is -2.41. The van der Waals surface area contributed by atoms with Crippen LogP contribution in [0.3, 0.4) is 0 Å². The average Bonchev–Trinajstić information content (AvgIpc) is 3.26. The number of aromatic nitrogens is 6. The highest BCUT2D eigenvalue weighted by atomic mass is 16.5. The zero-order valence-electron chi connectivity index (χ0n) is 18.3. The Morgan fingerprint density at radius 1 is 1.12 bits per heavy atom. The van der Waals surface area contributed by atoms with Gasteiger partial charge in [-0.05, 0) is 31.9 Å². The van der Waals surface area contributed by atoms with Crippen LogP contribution in [0, 0.1) is 0 Å². The number of likely N-dealkylation sites (tertiary alicyclic amines) is 1. The number of fused-ring (bicyclic) bond motifs is 2. The molecule has 1 atom stereocenters. The largest absolute Gasteiger partial charge is 0.471 e. The first-order valence-electron chi connectivity index (χ1n) is 11.3. The summed E-state index contributed by atoms with van der Waals surface area (Å²) >= 11 is 0. The maximum Gasteiger partial charge on any atom is 0.262 e. The van der Waals surface area contributed by atoms with E-state index in [4.69, 9.17) is 14.5 Å². The Morgan fingerprint density at radius 3 is 2.73 bits per heavy atom. The monoisotopic (exact) mass is 447 g/mol. The van der Waals surface area contributed by atoms with Gasteiger partial charge in [-0.15, -0.1) is 0 Å². The Bertz CT molecular complexity index is 1360. The Kier molecular flexibility index (Phi) is 5.03. The van der Waals surface area contributed by atoms with Crippen LogP contribution in [-0.4, -0.2) is 67.0 Å². The van der Waals surface area contributed by atoms with Crippen molar-refractivity contribution in [3.63, 3.8) is 0 Å². The summed E-state index contributed by atoms with van der Waals surface area (Å²) in [6.07, 6.45) is 5.05. The van der Waals surface area contributed by atoms with Gasteiger partial charge in [0.1, 0.15) is 17.3 Å². The lowest BCUT2D eigenvalue weighted by molar-refractivity contribution is -0.00966. The molecule has 10 heteroatoms. The predicted octanol–water partition coefficient (Wildman–Crippen LogP) is 2.24. The number of hydrogen-bond acceptors (Lipinski definition) is 8. The number of rotatable bonds is 5. The van der Waals surface area contributed by atoms with Gasteiger partial charge in [-0.3, -0.25) is 9.69 Å². The van der Waals surface area contributed by atoms with Gasteiger partial charge in [0, 0.05) is 26.3 Å². The van der Waals surface area contributed by atoms with Gasteiger partial charge in [0.25, 0.3) is 5.56 Å². The van der Waals surface area contributed by atoms with Gasteiger partial charge in [0.15, 0.2) is 5.65 Å². The lowest BCUT2D eigenvalue weighted by Crippen LogP contribution is -2.54. The average molecular weight is 447 g/mol. The molecule has 2 aliphatic heterocycles. The zero-order chi connectivity index (χ0) is 22.4. The highest BCUT2D eigenvalue weighted by molar-refractivity contribution is 5.74. The topological polar surface area (TPSA) is 111 Å². The second kappa shape index (κ2) is 8.20. The minimum atomic E-state index is -0.153. The molecule has 10 nitrogen and oxygen atoms in total. The molecule has 1 unspecified atom stereocenters. The van der Waals surface area contributed by atoms with Gasteiger partial charge >= 0.3 is 0 Å². The smallest absolute Gasteiger partial charge is 0.262 e. The van der Waals surface area contributed by atoms with Gasteiger partial charge in [-0.2, -0.15) is 5.10 Å². The van der Waals surface area contributed by atoms with Gasteiger partial charge in [0.2, 0.25) is 5.88 Å². The number of aromatic amines is 1. The van der Waals surface area contributed by atoms with Crippen LogP contribution in [-0.2, 0) is 4.74 Å². The van der Waals surface area contributed by atoms with Crippen molar-refractivity contribution < 1.29 is 9.47 Å². The standard InChI is InChI=1S/C23H25N7O3/c1-14(29-12-16(13-29)33-20-11-24-18-4-2-3-5-19(18)26-20)21-27-22-17(23(31)28-21)10-25-30(22)15-6-8-32-9-7-15/h2-5,10-11,14-16H,6-9,12-13H2,1H3,(H,27,28,31). The molecule has 2 fully saturated rings. The van der Waals surface area contributed by atoms with Gasteiger partial charge in [-0.25, -0.2) is 19.6 Å². The quantitative estimate of drug-likeness (QED) is 0.496.